The number of halogens is 1. The van der Waals surface area contributed by atoms with E-state index in [0.29, 0.717) is 15.7 Å². The van der Waals surface area contributed by atoms with E-state index in [0.717, 1.165) is 17.0 Å². The van der Waals surface area contributed by atoms with Crippen molar-refractivity contribution in [1.82, 2.24) is 9.38 Å². The summed E-state index contributed by atoms with van der Waals surface area (Å²) in [6, 6.07) is 1.87. The molecule has 0 saturated heterocycles. The summed E-state index contributed by atoms with van der Waals surface area (Å²) in [5, 5.41) is 0.612. The maximum atomic E-state index is 6.08. The third kappa shape index (κ3) is 1.60. The molecule has 15 heavy (non-hydrogen) atoms. The van der Waals surface area contributed by atoms with Crippen molar-refractivity contribution in [2.75, 3.05) is 0 Å². The van der Waals surface area contributed by atoms with E-state index in [4.69, 9.17) is 29.6 Å². The van der Waals surface area contributed by atoms with Gasteiger partial charge in [0.1, 0.15) is 10.7 Å². The Kier molecular flexibility index (Phi) is 2.40. The third-order valence-corrected chi connectivity index (χ3v) is 2.69. The molecule has 0 aliphatic heterocycles. The second kappa shape index (κ2) is 3.47. The van der Waals surface area contributed by atoms with Crippen LogP contribution in [0.3, 0.4) is 0 Å². The Hall–Kier alpha value is -1.13. The summed E-state index contributed by atoms with van der Waals surface area (Å²) in [6.45, 7) is 3.83. The SMILES string of the molecule is Cc1cc(Cl)c2nc(C)c(C(N)=S)n2c1. The van der Waals surface area contributed by atoms with Crippen LogP contribution < -0.4 is 5.73 Å². The first-order chi connectivity index (χ1) is 7.00. The quantitative estimate of drug-likeness (QED) is 0.777. The minimum absolute atomic E-state index is 0.335. The summed E-state index contributed by atoms with van der Waals surface area (Å²) >= 11 is 11.1. The van der Waals surface area contributed by atoms with Crippen LogP contribution >= 0.6 is 23.8 Å². The number of hydrogen-bond donors (Lipinski definition) is 1. The molecule has 0 saturated carbocycles. The molecule has 0 spiro atoms. The Morgan fingerprint density at radius 2 is 2.20 bits per heavy atom. The lowest BCUT2D eigenvalue weighted by molar-refractivity contribution is 1.14. The van der Waals surface area contributed by atoms with Crippen molar-refractivity contribution >= 4 is 34.5 Å². The van der Waals surface area contributed by atoms with Gasteiger partial charge in [0.05, 0.1) is 10.7 Å². The lowest BCUT2D eigenvalue weighted by Gasteiger charge is -2.02. The van der Waals surface area contributed by atoms with Crippen LogP contribution in [0.15, 0.2) is 12.3 Å². The molecule has 0 aliphatic rings. The minimum Gasteiger partial charge on any atom is -0.388 e. The van der Waals surface area contributed by atoms with E-state index >= 15 is 0 Å². The molecule has 0 bridgehead atoms. The molecule has 2 aromatic heterocycles. The first-order valence-corrected chi connectivity index (χ1v) is 5.24. The minimum atomic E-state index is 0.335. The van der Waals surface area contributed by atoms with Crippen LogP contribution in [0.25, 0.3) is 5.65 Å². The Balaban J connectivity index is 2.93. The molecule has 3 nitrogen and oxygen atoms in total. The molecule has 78 valence electrons. The molecular weight excluding hydrogens is 230 g/mol. The van der Waals surface area contributed by atoms with Crippen LogP contribution in [-0.2, 0) is 0 Å². The van der Waals surface area contributed by atoms with Crippen LogP contribution in [-0.4, -0.2) is 14.4 Å². The highest BCUT2D eigenvalue weighted by Gasteiger charge is 2.13. The summed E-state index contributed by atoms with van der Waals surface area (Å²) in [5.41, 5.74) is 8.95. The predicted octanol–water partition coefficient (Wildman–Crippen LogP) is 2.24. The number of nitrogens with two attached hydrogens (primary N) is 1. The number of pyridine rings is 1. The number of nitrogens with zero attached hydrogens (tertiary/aromatic N) is 2. The molecule has 2 heterocycles. The molecule has 0 aromatic carbocycles. The zero-order valence-corrected chi connectivity index (χ0v) is 9.99. The van der Waals surface area contributed by atoms with Gasteiger partial charge in [-0.2, -0.15) is 0 Å². The fourth-order valence-corrected chi connectivity index (χ4v) is 2.19. The van der Waals surface area contributed by atoms with Gasteiger partial charge < -0.3 is 5.73 Å². The smallest absolute Gasteiger partial charge is 0.156 e. The second-order valence-electron chi connectivity index (χ2n) is 3.47. The van der Waals surface area contributed by atoms with E-state index in [9.17, 15) is 0 Å². The normalized spacial score (nSPS) is 10.9. The van der Waals surface area contributed by atoms with Gasteiger partial charge in [0, 0.05) is 6.20 Å². The number of hydrogen-bond acceptors (Lipinski definition) is 2. The maximum absolute atomic E-state index is 6.08. The standard InChI is InChI=1S/C10H10ClN3S/c1-5-3-7(11)10-13-6(2)8(9(12)15)14(10)4-5/h3-4H,1-2H3,(H2,12,15). The van der Waals surface area contributed by atoms with E-state index in [1.54, 1.807) is 0 Å². The summed E-state index contributed by atoms with van der Waals surface area (Å²) in [5.74, 6) is 0. The topological polar surface area (TPSA) is 43.3 Å². The Bertz CT molecular complexity index is 559. The molecule has 2 aromatic rings. The van der Waals surface area contributed by atoms with E-state index in [1.165, 1.54) is 0 Å². The molecule has 0 unspecified atom stereocenters. The van der Waals surface area contributed by atoms with E-state index in [1.807, 2.05) is 30.5 Å². The Morgan fingerprint density at radius 3 is 2.80 bits per heavy atom. The van der Waals surface area contributed by atoms with E-state index in [2.05, 4.69) is 4.98 Å². The molecule has 0 amide bonds. The first kappa shape index (κ1) is 10.4. The molecule has 0 fully saturated rings. The van der Waals surface area contributed by atoms with Gasteiger partial charge in [0.15, 0.2) is 5.65 Å². The zero-order chi connectivity index (χ0) is 11.2. The molecule has 5 heteroatoms. The summed E-state index contributed by atoms with van der Waals surface area (Å²) in [6.07, 6.45) is 1.93. The predicted molar refractivity (Wildman–Crippen MR) is 65.6 cm³/mol. The van der Waals surface area contributed by atoms with Crippen molar-refractivity contribution < 1.29 is 0 Å². The molecule has 0 atom stereocenters. The van der Waals surface area contributed by atoms with Crippen molar-refractivity contribution in [1.29, 1.82) is 0 Å². The number of rotatable bonds is 1. The van der Waals surface area contributed by atoms with Crippen molar-refractivity contribution in [3.05, 3.63) is 34.2 Å². The number of aromatic nitrogens is 2. The number of aryl methyl sites for hydroxylation is 2. The molecule has 0 aliphatic carbocycles. The van der Waals surface area contributed by atoms with Crippen LogP contribution in [0.2, 0.25) is 5.02 Å². The average Bonchev–Trinajstić information content (AvgIpc) is 2.41. The highest BCUT2D eigenvalue weighted by atomic mass is 35.5. The highest BCUT2D eigenvalue weighted by Crippen LogP contribution is 2.21. The summed E-state index contributed by atoms with van der Waals surface area (Å²) < 4.78 is 1.84. The summed E-state index contributed by atoms with van der Waals surface area (Å²) in [7, 11) is 0. The highest BCUT2D eigenvalue weighted by molar-refractivity contribution is 7.80. The van der Waals surface area contributed by atoms with Crippen molar-refractivity contribution in [3.63, 3.8) is 0 Å². The van der Waals surface area contributed by atoms with Crippen LogP contribution in [0.5, 0.6) is 0 Å². The fraction of sp³-hybridized carbons (Fsp3) is 0.200. The van der Waals surface area contributed by atoms with Crippen molar-refractivity contribution in [2.45, 2.75) is 13.8 Å². The lowest BCUT2D eigenvalue weighted by atomic mass is 10.3. The van der Waals surface area contributed by atoms with Crippen LogP contribution in [0, 0.1) is 13.8 Å². The van der Waals surface area contributed by atoms with Gasteiger partial charge in [0.2, 0.25) is 0 Å². The van der Waals surface area contributed by atoms with Crippen LogP contribution in [0.1, 0.15) is 17.0 Å². The first-order valence-electron chi connectivity index (χ1n) is 4.45. The number of imidazole rings is 1. The van der Waals surface area contributed by atoms with Gasteiger partial charge >= 0.3 is 0 Å². The van der Waals surface area contributed by atoms with Gasteiger partial charge in [-0.05, 0) is 25.5 Å². The van der Waals surface area contributed by atoms with Crippen molar-refractivity contribution in [2.24, 2.45) is 5.73 Å². The monoisotopic (exact) mass is 239 g/mol. The van der Waals surface area contributed by atoms with Crippen molar-refractivity contribution in [3.8, 4) is 0 Å². The lowest BCUT2D eigenvalue weighted by Crippen LogP contribution is -2.13. The second-order valence-corrected chi connectivity index (χ2v) is 4.32. The van der Waals surface area contributed by atoms with Crippen LogP contribution in [0.4, 0.5) is 0 Å². The maximum Gasteiger partial charge on any atom is 0.156 e. The number of fused-ring (bicyclic) bond motifs is 1. The van der Waals surface area contributed by atoms with Gasteiger partial charge in [-0.1, -0.05) is 23.8 Å². The Morgan fingerprint density at radius 1 is 1.53 bits per heavy atom. The van der Waals surface area contributed by atoms with Gasteiger partial charge in [-0.15, -0.1) is 0 Å². The largest absolute Gasteiger partial charge is 0.388 e. The molecule has 2 N–H and O–H groups in total. The number of thiocarbonyl (C=S) groups is 1. The summed E-state index contributed by atoms with van der Waals surface area (Å²) in [4.78, 5) is 4.67. The zero-order valence-electron chi connectivity index (χ0n) is 8.41. The molecule has 0 radical (unpaired) electrons. The van der Waals surface area contributed by atoms with Gasteiger partial charge in [0.25, 0.3) is 0 Å². The Labute approximate surface area is 97.9 Å². The molecule has 2 rings (SSSR count). The van der Waals surface area contributed by atoms with Gasteiger partial charge in [-0.25, -0.2) is 4.98 Å². The average molecular weight is 240 g/mol. The molecular formula is C10H10ClN3S. The third-order valence-electron chi connectivity index (χ3n) is 2.22. The van der Waals surface area contributed by atoms with E-state index < -0.39 is 0 Å². The van der Waals surface area contributed by atoms with E-state index in [-0.39, 0.29) is 0 Å². The fourth-order valence-electron chi connectivity index (χ4n) is 1.64. The van der Waals surface area contributed by atoms with Gasteiger partial charge in [-0.3, -0.25) is 4.40 Å².